The van der Waals surface area contributed by atoms with Gasteiger partial charge in [0.05, 0.1) is 34.4 Å². The maximum atomic E-state index is 12.7. The molecule has 0 rings (SSSR count). The molecule has 0 saturated heterocycles. The van der Waals surface area contributed by atoms with Crippen molar-refractivity contribution in [3.8, 4) is 0 Å². The molecule has 2 atom stereocenters. The van der Waals surface area contributed by atoms with Crippen LogP contribution in [0.5, 0.6) is 0 Å². The first-order chi connectivity index (χ1) is 27.6. The van der Waals surface area contributed by atoms with Crippen LogP contribution in [0.15, 0.2) is 36.5 Å². The molecule has 2 unspecified atom stereocenters. The van der Waals surface area contributed by atoms with Crippen LogP contribution in [0.2, 0.25) is 0 Å². The highest BCUT2D eigenvalue weighted by Gasteiger charge is 2.26. The number of rotatable bonds is 44. The summed E-state index contributed by atoms with van der Waals surface area (Å²) in [6, 6.07) is 0. The highest BCUT2D eigenvalue weighted by molar-refractivity contribution is 7.47. The molecule has 0 spiro atoms. The molecule has 0 aromatic carbocycles. The van der Waals surface area contributed by atoms with Gasteiger partial charge in [-0.15, -0.1) is 0 Å². The summed E-state index contributed by atoms with van der Waals surface area (Å²) in [7, 11) is 1.66. The second-order valence-corrected chi connectivity index (χ2v) is 18.6. The van der Waals surface area contributed by atoms with Gasteiger partial charge >= 0.3 is 13.8 Å². The van der Waals surface area contributed by atoms with Crippen molar-refractivity contribution in [1.29, 1.82) is 0 Å². The van der Waals surface area contributed by atoms with Gasteiger partial charge in [-0.3, -0.25) is 13.8 Å². The highest BCUT2D eigenvalue weighted by Crippen LogP contribution is 2.43. The summed E-state index contributed by atoms with van der Waals surface area (Å²) in [4.78, 5) is 22.9. The molecule has 0 amide bonds. The van der Waals surface area contributed by atoms with Crippen molar-refractivity contribution < 1.29 is 37.3 Å². The van der Waals surface area contributed by atoms with Gasteiger partial charge in [0.25, 0.3) is 0 Å². The van der Waals surface area contributed by atoms with Crippen LogP contribution in [0, 0.1) is 0 Å². The third-order valence-electron chi connectivity index (χ3n) is 10.2. The van der Waals surface area contributed by atoms with Gasteiger partial charge in [-0.2, -0.15) is 0 Å². The molecule has 0 aromatic heterocycles. The van der Waals surface area contributed by atoms with Crippen LogP contribution < -0.4 is 0 Å². The number of allylic oxidation sites excluding steroid dienone is 6. The van der Waals surface area contributed by atoms with E-state index in [2.05, 4.69) is 50.3 Å². The first-order valence-electron chi connectivity index (χ1n) is 23.7. The molecule has 0 aliphatic carbocycles. The molecule has 8 nitrogen and oxygen atoms in total. The molecule has 0 bridgehead atoms. The smallest absolute Gasteiger partial charge is 0.457 e. The zero-order chi connectivity index (χ0) is 42.0. The molecular weight excluding hydrogens is 734 g/mol. The van der Waals surface area contributed by atoms with Crippen LogP contribution in [-0.2, 0) is 27.9 Å². The van der Waals surface area contributed by atoms with Crippen molar-refractivity contribution in [1.82, 2.24) is 0 Å². The first kappa shape index (κ1) is 55.7. The molecule has 0 saturated carbocycles. The summed E-state index contributed by atoms with van der Waals surface area (Å²) >= 11 is 0. The average Bonchev–Trinajstić information content (AvgIpc) is 3.16. The lowest BCUT2D eigenvalue weighted by Crippen LogP contribution is -2.37. The Labute approximate surface area is 353 Å². The number of quaternary nitrogens is 1. The summed E-state index contributed by atoms with van der Waals surface area (Å²) in [5.41, 5.74) is 0. The largest absolute Gasteiger partial charge is 0.472 e. The third kappa shape index (κ3) is 45.7. The van der Waals surface area contributed by atoms with E-state index in [0.717, 1.165) is 44.9 Å². The Morgan fingerprint density at radius 2 is 0.965 bits per heavy atom. The van der Waals surface area contributed by atoms with Crippen molar-refractivity contribution in [2.24, 2.45) is 0 Å². The molecule has 0 aliphatic rings. The standard InChI is InChI=1S/C48H92NO7P/c1-6-8-10-12-14-16-18-20-22-24-26-28-30-32-34-36-38-40-43-53-45-47(46-55-57(51,52)54-44-42-49(3,4)5)56-48(50)41-39-37-35-33-31-29-27-25-23-21-19-17-15-13-11-9-7-2/h15,17,20-23,47H,6-14,16,18-19,24-46H2,1-5H3/p+1/b17-15-,22-20-,23-21-. The summed E-state index contributed by atoms with van der Waals surface area (Å²) in [5.74, 6) is -0.322. The Balaban J connectivity index is 4.20. The van der Waals surface area contributed by atoms with Crippen LogP contribution >= 0.6 is 7.82 Å². The molecule has 57 heavy (non-hydrogen) atoms. The maximum Gasteiger partial charge on any atom is 0.472 e. The van der Waals surface area contributed by atoms with Crippen molar-refractivity contribution in [2.75, 3.05) is 54.1 Å². The molecule has 0 fully saturated rings. The second-order valence-electron chi connectivity index (χ2n) is 17.1. The Bertz CT molecular complexity index is 1010. The minimum Gasteiger partial charge on any atom is -0.457 e. The lowest BCUT2D eigenvalue weighted by atomic mass is 10.1. The van der Waals surface area contributed by atoms with Gasteiger partial charge in [-0.1, -0.05) is 166 Å². The molecule has 336 valence electrons. The average molecular weight is 827 g/mol. The predicted octanol–water partition coefficient (Wildman–Crippen LogP) is 14.2. The number of nitrogens with zero attached hydrogens (tertiary/aromatic N) is 1. The lowest BCUT2D eigenvalue weighted by Gasteiger charge is -2.24. The van der Waals surface area contributed by atoms with Crippen molar-refractivity contribution >= 4 is 13.8 Å². The number of likely N-dealkylation sites (N-methyl/N-ethyl adjacent to an activating group) is 1. The number of hydrogen-bond acceptors (Lipinski definition) is 6. The van der Waals surface area contributed by atoms with E-state index in [0.29, 0.717) is 24.1 Å². The van der Waals surface area contributed by atoms with E-state index in [1.165, 1.54) is 141 Å². The number of ether oxygens (including phenoxy) is 2. The summed E-state index contributed by atoms with van der Waals surface area (Å²) in [6.07, 6.45) is 48.9. The molecule has 0 aromatic rings. The lowest BCUT2D eigenvalue weighted by molar-refractivity contribution is -0.870. The number of phosphoric ester groups is 1. The van der Waals surface area contributed by atoms with Crippen molar-refractivity contribution in [2.45, 2.75) is 213 Å². The van der Waals surface area contributed by atoms with E-state index in [9.17, 15) is 14.3 Å². The fourth-order valence-electron chi connectivity index (χ4n) is 6.46. The van der Waals surface area contributed by atoms with E-state index in [4.69, 9.17) is 18.5 Å². The van der Waals surface area contributed by atoms with Gasteiger partial charge in [-0.25, -0.2) is 4.57 Å². The van der Waals surface area contributed by atoms with Crippen LogP contribution in [0.3, 0.4) is 0 Å². The Hall–Kier alpha value is -1.28. The number of unbranched alkanes of at least 4 members (excludes halogenated alkanes) is 24. The Morgan fingerprint density at radius 1 is 0.544 bits per heavy atom. The number of hydrogen-bond donors (Lipinski definition) is 1. The zero-order valence-corrected chi connectivity index (χ0v) is 39.0. The fraction of sp³-hybridized carbons (Fsp3) is 0.854. The highest BCUT2D eigenvalue weighted by atomic mass is 31.2. The van der Waals surface area contributed by atoms with E-state index >= 15 is 0 Å². The fourth-order valence-corrected chi connectivity index (χ4v) is 7.20. The summed E-state index contributed by atoms with van der Waals surface area (Å²) in [6.45, 7) is 5.60. The molecule has 0 heterocycles. The zero-order valence-electron chi connectivity index (χ0n) is 38.1. The van der Waals surface area contributed by atoms with Crippen LogP contribution in [0.25, 0.3) is 0 Å². The molecule has 1 N–H and O–H groups in total. The number of phosphoric acid groups is 1. The summed E-state index contributed by atoms with van der Waals surface area (Å²) in [5, 5.41) is 0. The quantitative estimate of drug-likeness (QED) is 0.0215. The molecular formula is C48H93NO7P+. The Morgan fingerprint density at radius 3 is 1.47 bits per heavy atom. The van der Waals surface area contributed by atoms with Gasteiger partial charge in [0.15, 0.2) is 0 Å². The number of esters is 1. The topological polar surface area (TPSA) is 91.3 Å². The predicted molar refractivity (Wildman–Crippen MR) is 243 cm³/mol. The first-order valence-corrected chi connectivity index (χ1v) is 25.2. The normalized spacial score (nSPS) is 14.0. The van der Waals surface area contributed by atoms with Gasteiger partial charge in [0.1, 0.15) is 19.3 Å². The van der Waals surface area contributed by atoms with Gasteiger partial charge < -0.3 is 18.9 Å². The number of carbonyl (C=O) groups excluding carboxylic acids is 1. The Kier molecular flexibility index (Phi) is 40.5. The van der Waals surface area contributed by atoms with Crippen molar-refractivity contribution in [3.05, 3.63) is 36.5 Å². The van der Waals surface area contributed by atoms with Crippen molar-refractivity contribution in [3.63, 3.8) is 0 Å². The SMILES string of the molecule is CCCCC/C=C\C/C=C\CCCCCCCCCC(=O)OC(COCCCCCCCCCC/C=C\CCCCCCCC)COP(=O)(O)OCC[N+](C)(C)C. The summed E-state index contributed by atoms with van der Waals surface area (Å²) < 4.78 is 35.1. The van der Waals surface area contributed by atoms with E-state index < -0.39 is 13.9 Å². The van der Waals surface area contributed by atoms with Crippen LogP contribution in [0.4, 0.5) is 0 Å². The minimum atomic E-state index is -4.28. The minimum absolute atomic E-state index is 0.0864. The second kappa shape index (κ2) is 41.5. The molecule has 0 aliphatic heterocycles. The van der Waals surface area contributed by atoms with Gasteiger partial charge in [0, 0.05) is 13.0 Å². The van der Waals surface area contributed by atoms with Gasteiger partial charge in [0.2, 0.25) is 0 Å². The maximum absolute atomic E-state index is 12.7. The van der Waals surface area contributed by atoms with Gasteiger partial charge in [-0.05, 0) is 70.6 Å². The van der Waals surface area contributed by atoms with E-state index in [1.807, 2.05) is 21.1 Å². The van der Waals surface area contributed by atoms with E-state index in [-0.39, 0.29) is 25.8 Å². The molecule has 0 radical (unpaired) electrons. The third-order valence-corrected chi connectivity index (χ3v) is 11.2. The number of carbonyl (C=O) groups is 1. The van der Waals surface area contributed by atoms with Crippen LogP contribution in [-0.4, -0.2) is 75.6 Å². The van der Waals surface area contributed by atoms with Crippen LogP contribution in [0.1, 0.15) is 206 Å². The van der Waals surface area contributed by atoms with E-state index in [1.54, 1.807) is 0 Å². The molecule has 9 heteroatoms. The monoisotopic (exact) mass is 827 g/mol.